The van der Waals surface area contributed by atoms with Crippen molar-refractivity contribution < 1.29 is 13.9 Å². The number of methoxy groups -OCH3 is 1. The van der Waals surface area contributed by atoms with Crippen LogP contribution >= 0.6 is 0 Å². The zero-order valence-corrected chi connectivity index (χ0v) is 12.0. The molecule has 0 bridgehead atoms. The maximum absolute atomic E-state index is 11.7. The largest absolute Gasteiger partial charge is 0.451 e. The Morgan fingerprint density at radius 2 is 2.15 bits per heavy atom. The predicted octanol–water partition coefficient (Wildman–Crippen LogP) is 3.40. The van der Waals surface area contributed by atoms with Gasteiger partial charge in [0.15, 0.2) is 5.76 Å². The van der Waals surface area contributed by atoms with E-state index in [1.54, 1.807) is 19.2 Å². The van der Waals surface area contributed by atoms with Crippen molar-refractivity contribution in [1.82, 2.24) is 5.32 Å². The maximum Gasteiger partial charge on any atom is 0.287 e. The van der Waals surface area contributed by atoms with Crippen molar-refractivity contribution in [3.05, 3.63) is 47.7 Å². The lowest BCUT2D eigenvalue weighted by atomic mass is 10.1. The first-order chi connectivity index (χ1) is 9.65. The lowest BCUT2D eigenvalue weighted by molar-refractivity contribution is 0.0929. The number of furan rings is 1. The Hall–Kier alpha value is -2.07. The molecule has 2 rings (SSSR count). The molecule has 0 unspecified atom stereocenters. The van der Waals surface area contributed by atoms with Crippen LogP contribution in [0.3, 0.4) is 0 Å². The van der Waals surface area contributed by atoms with E-state index in [-0.39, 0.29) is 12.0 Å². The minimum absolute atomic E-state index is 0.0211. The van der Waals surface area contributed by atoms with Gasteiger partial charge >= 0.3 is 0 Å². The second-order valence-electron chi connectivity index (χ2n) is 4.53. The molecular weight excluding hydrogens is 254 g/mol. The zero-order valence-electron chi connectivity index (χ0n) is 12.0. The number of rotatable bonds is 5. The normalized spacial score (nSPS) is 12.2. The Balaban J connectivity index is 2.26. The molecule has 0 aliphatic heterocycles. The van der Waals surface area contributed by atoms with Gasteiger partial charge in [-0.3, -0.25) is 4.79 Å². The molecule has 1 atom stereocenters. The summed E-state index contributed by atoms with van der Waals surface area (Å²) in [6, 6.07) is 11.4. The summed E-state index contributed by atoms with van der Waals surface area (Å²) in [5.74, 6) is 0.809. The van der Waals surface area contributed by atoms with Gasteiger partial charge in [-0.2, -0.15) is 0 Å². The van der Waals surface area contributed by atoms with Crippen molar-refractivity contribution in [2.75, 3.05) is 13.7 Å². The summed E-state index contributed by atoms with van der Waals surface area (Å²) in [7, 11) is 1.68. The molecule has 1 heterocycles. The van der Waals surface area contributed by atoms with Gasteiger partial charge in [-0.15, -0.1) is 0 Å². The molecule has 2 aromatic rings. The summed E-state index contributed by atoms with van der Waals surface area (Å²) in [4.78, 5) is 11.7. The third-order valence-corrected chi connectivity index (χ3v) is 3.16. The van der Waals surface area contributed by atoms with Crippen molar-refractivity contribution in [3.63, 3.8) is 0 Å². The van der Waals surface area contributed by atoms with E-state index in [4.69, 9.17) is 9.15 Å². The topological polar surface area (TPSA) is 51.5 Å². The van der Waals surface area contributed by atoms with Gasteiger partial charge in [-0.25, -0.2) is 0 Å². The highest BCUT2D eigenvalue weighted by Crippen LogP contribution is 2.26. The first-order valence-electron chi connectivity index (χ1n) is 6.67. The number of ether oxygens (including phenoxy) is 1. The molecule has 1 aromatic carbocycles. The average molecular weight is 273 g/mol. The van der Waals surface area contributed by atoms with E-state index in [1.165, 1.54) is 0 Å². The summed E-state index contributed by atoms with van der Waals surface area (Å²) in [6.07, 6.45) is 0.0211. The van der Waals surface area contributed by atoms with E-state index in [1.807, 2.05) is 38.1 Å². The number of benzene rings is 1. The van der Waals surface area contributed by atoms with E-state index in [0.29, 0.717) is 18.1 Å². The molecule has 0 radical (unpaired) electrons. The van der Waals surface area contributed by atoms with E-state index < -0.39 is 0 Å². The van der Waals surface area contributed by atoms with E-state index >= 15 is 0 Å². The molecule has 4 nitrogen and oxygen atoms in total. The predicted molar refractivity (Wildman–Crippen MR) is 77.6 cm³/mol. The van der Waals surface area contributed by atoms with Crippen LogP contribution in [0.25, 0.3) is 11.3 Å². The third-order valence-electron chi connectivity index (χ3n) is 3.16. The van der Waals surface area contributed by atoms with Crippen molar-refractivity contribution in [2.45, 2.75) is 20.0 Å². The molecule has 1 N–H and O–H groups in total. The van der Waals surface area contributed by atoms with Crippen LogP contribution in [0.5, 0.6) is 0 Å². The summed E-state index contributed by atoms with van der Waals surface area (Å²) >= 11 is 0. The van der Waals surface area contributed by atoms with Crippen LogP contribution in [0.15, 0.2) is 40.8 Å². The zero-order chi connectivity index (χ0) is 14.5. The van der Waals surface area contributed by atoms with Crippen LogP contribution in [0.1, 0.15) is 36.1 Å². The Morgan fingerprint density at radius 3 is 2.85 bits per heavy atom. The molecule has 0 saturated carbocycles. The maximum atomic E-state index is 11.7. The van der Waals surface area contributed by atoms with E-state index in [9.17, 15) is 4.79 Å². The fourth-order valence-electron chi connectivity index (χ4n) is 1.94. The van der Waals surface area contributed by atoms with Crippen molar-refractivity contribution >= 4 is 5.91 Å². The van der Waals surface area contributed by atoms with Gasteiger partial charge in [0.1, 0.15) is 5.76 Å². The first kappa shape index (κ1) is 14.3. The number of amides is 1. The number of hydrogen-bond donors (Lipinski definition) is 1. The number of carbonyl (C=O) groups excluding carboxylic acids is 1. The molecule has 1 amide bonds. The van der Waals surface area contributed by atoms with Gasteiger partial charge in [0.2, 0.25) is 0 Å². The Labute approximate surface area is 118 Å². The number of hydrogen-bond acceptors (Lipinski definition) is 3. The minimum atomic E-state index is -0.194. The van der Waals surface area contributed by atoms with Crippen LogP contribution in [0.2, 0.25) is 0 Å². The van der Waals surface area contributed by atoms with Gasteiger partial charge in [0.25, 0.3) is 5.91 Å². The highest BCUT2D eigenvalue weighted by molar-refractivity contribution is 5.92. The summed E-state index contributed by atoms with van der Waals surface area (Å²) in [5.41, 5.74) is 2.00. The third kappa shape index (κ3) is 3.08. The Morgan fingerprint density at radius 1 is 1.35 bits per heavy atom. The molecular formula is C16H19NO3. The lowest BCUT2D eigenvalue weighted by Crippen LogP contribution is -2.21. The highest BCUT2D eigenvalue weighted by atomic mass is 16.5. The van der Waals surface area contributed by atoms with Crippen LogP contribution in [0, 0.1) is 0 Å². The molecule has 20 heavy (non-hydrogen) atoms. The molecule has 1 aromatic heterocycles. The molecule has 4 heteroatoms. The second kappa shape index (κ2) is 6.39. The van der Waals surface area contributed by atoms with Crippen LogP contribution in [-0.4, -0.2) is 19.6 Å². The summed E-state index contributed by atoms with van der Waals surface area (Å²) < 4.78 is 10.9. The lowest BCUT2D eigenvalue weighted by Gasteiger charge is -2.10. The van der Waals surface area contributed by atoms with Crippen molar-refractivity contribution in [2.24, 2.45) is 0 Å². The van der Waals surface area contributed by atoms with Crippen molar-refractivity contribution in [1.29, 1.82) is 0 Å². The Kier molecular flexibility index (Phi) is 4.58. The van der Waals surface area contributed by atoms with Crippen LogP contribution in [0.4, 0.5) is 0 Å². The van der Waals surface area contributed by atoms with Crippen LogP contribution < -0.4 is 5.32 Å². The van der Waals surface area contributed by atoms with E-state index in [2.05, 4.69) is 5.32 Å². The molecule has 0 fully saturated rings. The standard InChI is InChI=1S/C16H19NO3/c1-4-17-16(18)15-9-8-14(20-15)13-7-5-6-12(10-13)11(2)19-3/h5-11H,4H2,1-3H3,(H,17,18)/t11-/m1/s1. The fourth-order valence-corrected chi connectivity index (χ4v) is 1.94. The van der Waals surface area contributed by atoms with Crippen molar-refractivity contribution in [3.8, 4) is 11.3 Å². The Bertz CT molecular complexity index is 589. The quantitative estimate of drug-likeness (QED) is 0.908. The smallest absolute Gasteiger partial charge is 0.287 e. The first-order valence-corrected chi connectivity index (χ1v) is 6.67. The number of nitrogens with one attached hydrogen (secondary N) is 1. The minimum Gasteiger partial charge on any atom is -0.451 e. The molecule has 0 saturated heterocycles. The molecule has 0 spiro atoms. The van der Waals surface area contributed by atoms with Gasteiger partial charge in [0.05, 0.1) is 6.10 Å². The summed E-state index contributed by atoms with van der Waals surface area (Å²) in [6.45, 7) is 4.44. The van der Waals surface area contributed by atoms with E-state index in [0.717, 1.165) is 11.1 Å². The average Bonchev–Trinajstić information content (AvgIpc) is 2.97. The van der Waals surface area contributed by atoms with Crippen LogP contribution in [-0.2, 0) is 4.74 Å². The SMILES string of the molecule is CCNC(=O)c1ccc(-c2cccc([C@@H](C)OC)c2)o1. The van der Waals surface area contributed by atoms with Gasteiger partial charge < -0.3 is 14.5 Å². The number of carbonyl (C=O) groups is 1. The fraction of sp³-hybridized carbons (Fsp3) is 0.312. The highest BCUT2D eigenvalue weighted by Gasteiger charge is 2.12. The van der Waals surface area contributed by atoms with Gasteiger partial charge in [0, 0.05) is 19.2 Å². The van der Waals surface area contributed by atoms with Gasteiger partial charge in [-0.1, -0.05) is 18.2 Å². The molecule has 0 aliphatic rings. The molecule has 106 valence electrons. The summed E-state index contributed by atoms with van der Waals surface area (Å²) in [5, 5.41) is 2.71. The second-order valence-corrected chi connectivity index (χ2v) is 4.53. The molecule has 0 aliphatic carbocycles. The monoisotopic (exact) mass is 273 g/mol. The van der Waals surface area contributed by atoms with Gasteiger partial charge in [-0.05, 0) is 37.6 Å².